The topological polar surface area (TPSA) is 105 Å². The van der Waals surface area contributed by atoms with E-state index in [1.54, 1.807) is 51.1 Å². The number of benzene rings is 2. The number of anilines is 2. The molecule has 0 aliphatic rings. The molecular weight excluding hydrogens is 486 g/mol. The minimum absolute atomic E-state index is 0. The van der Waals surface area contributed by atoms with Crippen LogP contribution in [-0.2, 0) is 29.7 Å². The van der Waals surface area contributed by atoms with E-state index in [1.165, 1.54) is 0 Å². The SMILES string of the molecule is CC(C)(C)OC(=O)Nc1cc(CO)cc(CCl)c1.Cl.Cl.Nc1cc(CO)cc(CCl)c1. The molecule has 31 heavy (non-hydrogen) atoms. The van der Waals surface area contributed by atoms with Gasteiger partial charge in [0.2, 0.25) is 0 Å². The molecule has 0 saturated carbocycles. The first kappa shape index (κ1) is 31.8. The van der Waals surface area contributed by atoms with Gasteiger partial charge in [-0.05, 0) is 67.3 Å². The predicted molar refractivity (Wildman–Crippen MR) is 133 cm³/mol. The van der Waals surface area contributed by atoms with E-state index >= 15 is 0 Å². The van der Waals surface area contributed by atoms with E-state index < -0.39 is 11.7 Å². The van der Waals surface area contributed by atoms with Crippen molar-refractivity contribution in [1.29, 1.82) is 0 Å². The number of nitrogens with two attached hydrogens (primary N) is 1. The highest BCUT2D eigenvalue weighted by Gasteiger charge is 2.16. The molecule has 2 rings (SSSR count). The van der Waals surface area contributed by atoms with Crippen LogP contribution < -0.4 is 11.1 Å². The fraction of sp³-hybridized carbons (Fsp3) is 0.381. The first-order valence-electron chi connectivity index (χ1n) is 8.95. The zero-order chi connectivity index (χ0) is 22.0. The van der Waals surface area contributed by atoms with Gasteiger partial charge in [-0.25, -0.2) is 4.79 Å². The third kappa shape index (κ3) is 12.9. The van der Waals surface area contributed by atoms with Gasteiger partial charge in [0.15, 0.2) is 0 Å². The summed E-state index contributed by atoms with van der Waals surface area (Å²) in [7, 11) is 0. The van der Waals surface area contributed by atoms with Gasteiger partial charge in [0.25, 0.3) is 0 Å². The molecule has 0 aromatic heterocycles. The molecule has 1 amide bonds. The van der Waals surface area contributed by atoms with E-state index in [-0.39, 0.29) is 38.0 Å². The summed E-state index contributed by atoms with van der Waals surface area (Å²) in [4.78, 5) is 11.6. The lowest BCUT2D eigenvalue weighted by molar-refractivity contribution is 0.0636. The summed E-state index contributed by atoms with van der Waals surface area (Å²) >= 11 is 11.3. The van der Waals surface area contributed by atoms with Crippen LogP contribution in [0.4, 0.5) is 16.2 Å². The van der Waals surface area contributed by atoms with Gasteiger partial charge < -0.3 is 20.7 Å². The van der Waals surface area contributed by atoms with Crippen LogP contribution in [0, 0.1) is 0 Å². The van der Waals surface area contributed by atoms with Gasteiger partial charge in [0, 0.05) is 23.1 Å². The first-order valence-corrected chi connectivity index (χ1v) is 10.0. The Morgan fingerprint density at radius 2 is 1.32 bits per heavy atom. The van der Waals surface area contributed by atoms with Crippen molar-refractivity contribution < 1.29 is 19.7 Å². The summed E-state index contributed by atoms with van der Waals surface area (Å²) in [5, 5.41) is 20.5. The Bertz CT molecular complexity index is 770. The second-order valence-electron chi connectivity index (χ2n) is 7.33. The summed E-state index contributed by atoms with van der Waals surface area (Å²) in [5.41, 5.74) is 9.47. The number of aliphatic hydroxyl groups is 2. The smallest absolute Gasteiger partial charge is 0.412 e. The Labute approximate surface area is 205 Å². The van der Waals surface area contributed by atoms with Gasteiger partial charge >= 0.3 is 6.09 Å². The number of hydrogen-bond donors (Lipinski definition) is 4. The Kier molecular flexibility index (Phi) is 15.8. The summed E-state index contributed by atoms with van der Waals surface area (Å²) in [6.45, 7) is 5.28. The average Bonchev–Trinajstić information content (AvgIpc) is 2.65. The highest BCUT2D eigenvalue weighted by Crippen LogP contribution is 2.18. The third-order valence-electron chi connectivity index (χ3n) is 3.45. The van der Waals surface area contributed by atoms with Crippen molar-refractivity contribution in [3.8, 4) is 0 Å². The minimum Gasteiger partial charge on any atom is -0.444 e. The number of nitrogens with one attached hydrogen (secondary N) is 1. The van der Waals surface area contributed by atoms with Crippen molar-refractivity contribution in [1.82, 2.24) is 0 Å². The van der Waals surface area contributed by atoms with Gasteiger partial charge in [-0.3, -0.25) is 5.32 Å². The van der Waals surface area contributed by atoms with Gasteiger partial charge in [-0.1, -0.05) is 12.1 Å². The molecule has 0 radical (unpaired) electrons. The van der Waals surface area contributed by atoms with Gasteiger partial charge in [-0.2, -0.15) is 0 Å². The fourth-order valence-corrected chi connectivity index (χ4v) is 2.69. The largest absolute Gasteiger partial charge is 0.444 e. The van der Waals surface area contributed by atoms with Crippen molar-refractivity contribution >= 4 is 65.5 Å². The molecular formula is C21H30Cl4N2O4. The van der Waals surface area contributed by atoms with Crippen LogP contribution in [0.3, 0.4) is 0 Å². The van der Waals surface area contributed by atoms with Crippen molar-refractivity contribution in [3.05, 3.63) is 58.7 Å². The number of amides is 1. The molecule has 0 atom stereocenters. The molecule has 0 bridgehead atoms. The highest BCUT2D eigenvalue weighted by molar-refractivity contribution is 6.17. The lowest BCUT2D eigenvalue weighted by atomic mass is 10.1. The van der Waals surface area contributed by atoms with E-state index in [2.05, 4.69) is 5.32 Å². The number of nitrogen functional groups attached to an aromatic ring is 1. The molecule has 0 aliphatic carbocycles. The number of hydrogen-bond acceptors (Lipinski definition) is 5. The van der Waals surface area contributed by atoms with Gasteiger partial charge in [0.05, 0.1) is 13.2 Å². The summed E-state index contributed by atoms with van der Waals surface area (Å²) in [6.07, 6.45) is -0.530. The Balaban J connectivity index is 0. The highest BCUT2D eigenvalue weighted by atomic mass is 35.5. The number of alkyl halides is 2. The van der Waals surface area contributed by atoms with E-state index in [4.69, 9.17) is 43.9 Å². The van der Waals surface area contributed by atoms with Gasteiger partial charge in [-0.15, -0.1) is 48.0 Å². The predicted octanol–water partition coefficient (Wildman–Crippen LogP) is 5.61. The van der Waals surface area contributed by atoms with E-state index in [1.807, 2.05) is 6.07 Å². The zero-order valence-electron chi connectivity index (χ0n) is 17.7. The summed E-state index contributed by atoms with van der Waals surface area (Å²) in [5.74, 6) is 0.745. The number of ether oxygens (including phenoxy) is 1. The van der Waals surface area contributed by atoms with Crippen LogP contribution in [0.1, 0.15) is 43.0 Å². The van der Waals surface area contributed by atoms with Crippen molar-refractivity contribution in [2.24, 2.45) is 0 Å². The molecule has 6 nitrogen and oxygen atoms in total. The monoisotopic (exact) mass is 514 g/mol. The Hall–Kier alpha value is -1.41. The Morgan fingerprint density at radius 3 is 1.77 bits per heavy atom. The first-order chi connectivity index (χ1) is 13.6. The number of aliphatic hydroxyl groups excluding tert-OH is 2. The standard InChI is InChI=1S/C13H18ClNO3.C8H10ClNO.2ClH/c1-13(2,3)18-12(17)15-11-5-9(7-14)4-10(6-11)8-16;9-4-6-1-7(5-11)3-8(10)2-6;;/h4-6,16H,7-8H2,1-3H3,(H,15,17);1-3,11H,4-5,10H2;2*1H. The maximum Gasteiger partial charge on any atom is 0.412 e. The van der Waals surface area contributed by atoms with Crippen molar-refractivity contribution in [3.63, 3.8) is 0 Å². The van der Waals surface area contributed by atoms with Crippen LogP contribution in [0.2, 0.25) is 0 Å². The average molecular weight is 516 g/mol. The molecule has 0 spiro atoms. The van der Waals surface area contributed by atoms with Crippen LogP contribution in [0.15, 0.2) is 36.4 Å². The fourth-order valence-electron chi connectivity index (χ4n) is 2.38. The lowest BCUT2D eigenvalue weighted by Gasteiger charge is -2.20. The number of rotatable bonds is 5. The number of carbonyl (C=O) groups excluding carboxylic acids is 1. The molecule has 0 heterocycles. The molecule has 10 heteroatoms. The number of carbonyl (C=O) groups is 1. The minimum atomic E-state index is -0.548. The van der Waals surface area contributed by atoms with E-state index in [9.17, 15) is 4.79 Å². The molecule has 5 N–H and O–H groups in total. The maximum atomic E-state index is 11.6. The molecule has 0 aliphatic heterocycles. The molecule has 176 valence electrons. The summed E-state index contributed by atoms with van der Waals surface area (Å²) in [6, 6.07) is 10.6. The quantitative estimate of drug-likeness (QED) is 0.306. The van der Waals surface area contributed by atoms with Crippen LogP contribution in [-0.4, -0.2) is 21.9 Å². The third-order valence-corrected chi connectivity index (χ3v) is 4.06. The van der Waals surface area contributed by atoms with Crippen molar-refractivity contribution in [2.75, 3.05) is 11.1 Å². The maximum absolute atomic E-state index is 11.6. The molecule has 0 fully saturated rings. The normalized spacial score (nSPS) is 10.0. The van der Waals surface area contributed by atoms with Crippen LogP contribution in [0.5, 0.6) is 0 Å². The molecule has 0 saturated heterocycles. The Morgan fingerprint density at radius 1 is 0.903 bits per heavy atom. The molecule has 2 aromatic carbocycles. The second-order valence-corrected chi connectivity index (χ2v) is 7.87. The van der Waals surface area contributed by atoms with Gasteiger partial charge in [0.1, 0.15) is 5.60 Å². The summed E-state index contributed by atoms with van der Waals surface area (Å²) < 4.78 is 5.14. The molecule has 0 unspecified atom stereocenters. The van der Waals surface area contributed by atoms with E-state index in [0.29, 0.717) is 28.7 Å². The second kappa shape index (κ2) is 15.4. The molecule has 2 aromatic rings. The van der Waals surface area contributed by atoms with Crippen LogP contribution >= 0.6 is 48.0 Å². The van der Waals surface area contributed by atoms with E-state index in [0.717, 1.165) is 16.7 Å². The van der Waals surface area contributed by atoms with Crippen LogP contribution in [0.25, 0.3) is 0 Å². The van der Waals surface area contributed by atoms with Crippen molar-refractivity contribution in [2.45, 2.75) is 51.3 Å². The number of halogens is 4. The zero-order valence-corrected chi connectivity index (χ0v) is 20.8. The lowest BCUT2D eigenvalue weighted by Crippen LogP contribution is -2.27.